The van der Waals surface area contributed by atoms with Gasteiger partial charge in [0.1, 0.15) is 0 Å². The third-order valence-electron chi connectivity index (χ3n) is 3.66. The summed E-state index contributed by atoms with van der Waals surface area (Å²) in [5.41, 5.74) is 1.03. The number of hydrogen-bond acceptors (Lipinski definition) is 2. The van der Waals surface area contributed by atoms with Crippen LogP contribution in [0, 0.1) is 5.92 Å². The average molecular weight is 288 g/mol. The van der Waals surface area contributed by atoms with E-state index >= 15 is 0 Å². The molecule has 0 bridgehead atoms. The SMILES string of the molecule is CNC(Cc1c(Cl)cccc1Cl)C1COC(C)C1. The predicted molar refractivity (Wildman–Crippen MR) is 76.5 cm³/mol. The number of nitrogens with one attached hydrogen (secondary N) is 1. The standard InChI is InChI=1S/C14H19Cl2NO/c1-9-6-10(8-18-9)14(17-2)7-11-12(15)4-3-5-13(11)16/h3-5,9-10,14,17H,6-8H2,1-2H3. The zero-order chi connectivity index (χ0) is 13.1. The van der Waals surface area contributed by atoms with Crippen LogP contribution < -0.4 is 5.32 Å². The van der Waals surface area contributed by atoms with Gasteiger partial charge in [0.25, 0.3) is 0 Å². The third-order valence-corrected chi connectivity index (χ3v) is 4.36. The van der Waals surface area contributed by atoms with Gasteiger partial charge in [-0.2, -0.15) is 0 Å². The first kappa shape index (κ1) is 14.1. The molecule has 0 radical (unpaired) electrons. The van der Waals surface area contributed by atoms with Gasteiger partial charge in [0.15, 0.2) is 0 Å². The highest BCUT2D eigenvalue weighted by molar-refractivity contribution is 6.36. The monoisotopic (exact) mass is 287 g/mol. The lowest BCUT2D eigenvalue weighted by atomic mass is 9.91. The molecule has 4 heteroatoms. The molecular weight excluding hydrogens is 269 g/mol. The Labute approximate surface area is 119 Å². The summed E-state index contributed by atoms with van der Waals surface area (Å²) >= 11 is 12.4. The van der Waals surface area contributed by atoms with E-state index in [1.54, 1.807) is 0 Å². The smallest absolute Gasteiger partial charge is 0.0551 e. The van der Waals surface area contributed by atoms with Crippen LogP contribution in [-0.2, 0) is 11.2 Å². The number of halogens is 2. The molecule has 0 amide bonds. The summed E-state index contributed by atoms with van der Waals surface area (Å²) in [6.07, 6.45) is 2.29. The predicted octanol–water partition coefficient (Wildman–Crippen LogP) is 3.55. The molecule has 1 heterocycles. The lowest BCUT2D eigenvalue weighted by Gasteiger charge is -2.23. The second kappa shape index (κ2) is 6.25. The first-order valence-corrected chi connectivity index (χ1v) is 7.09. The van der Waals surface area contributed by atoms with E-state index in [9.17, 15) is 0 Å². The minimum atomic E-state index is 0.354. The molecule has 100 valence electrons. The molecule has 0 aliphatic carbocycles. The molecule has 1 aromatic rings. The van der Waals surface area contributed by atoms with Crippen LogP contribution in [0.3, 0.4) is 0 Å². The Morgan fingerprint density at radius 1 is 1.39 bits per heavy atom. The minimum Gasteiger partial charge on any atom is -0.378 e. The van der Waals surface area contributed by atoms with Crippen LogP contribution in [0.1, 0.15) is 18.9 Å². The zero-order valence-corrected chi connectivity index (χ0v) is 12.3. The van der Waals surface area contributed by atoms with Crippen LogP contribution in [0.5, 0.6) is 0 Å². The number of ether oxygens (including phenoxy) is 1. The minimum absolute atomic E-state index is 0.354. The van der Waals surface area contributed by atoms with Gasteiger partial charge in [0.2, 0.25) is 0 Å². The first-order chi connectivity index (χ1) is 8.61. The van der Waals surface area contributed by atoms with Crippen molar-refractivity contribution >= 4 is 23.2 Å². The molecule has 1 N–H and O–H groups in total. The number of rotatable bonds is 4. The Morgan fingerprint density at radius 2 is 2.06 bits per heavy atom. The summed E-state index contributed by atoms with van der Waals surface area (Å²) in [6, 6.07) is 6.02. The fraction of sp³-hybridized carbons (Fsp3) is 0.571. The lowest BCUT2D eigenvalue weighted by Crippen LogP contribution is -2.36. The van der Waals surface area contributed by atoms with E-state index in [2.05, 4.69) is 12.2 Å². The average Bonchev–Trinajstić information content (AvgIpc) is 2.76. The summed E-state index contributed by atoms with van der Waals surface area (Å²) in [7, 11) is 1.98. The van der Waals surface area contributed by atoms with Crippen molar-refractivity contribution in [3.05, 3.63) is 33.8 Å². The van der Waals surface area contributed by atoms with Crippen molar-refractivity contribution in [2.24, 2.45) is 5.92 Å². The van der Waals surface area contributed by atoms with Crippen molar-refractivity contribution in [3.63, 3.8) is 0 Å². The first-order valence-electron chi connectivity index (χ1n) is 6.33. The van der Waals surface area contributed by atoms with E-state index in [0.29, 0.717) is 18.1 Å². The summed E-state index contributed by atoms with van der Waals surface area (Å²) in [5, 5.41) is 4.86. The molecule has 0 spiro atoms. The molecule has 0 saturated carbocycles. The van der Waals surface area contributed by atoms with Crippen LogP contribution in [0.25, 0.3) is 0 Å². The van der Waals surface area contributed by atoms with Crippen molar-refractivity contribution in [2.45, 2.75) is 31.9 Å². The largest absolute Gasteiger partial charge is 0.378 e. The molecular formula is C14H19Cl2NO. The Kier molecular flexibility index (Phi) is 4.91. The summed E-state index contributed by atoms with van der Waals surface area (Å²) in [4.78, 5) is 0. The Bertz CT molecular complexity index is 391. The van der Waals surface area contributed by atoms with Gasteiger partial charge in [-0.1, -0.05) is 29.3 Å². The maximum atomic E-state index is 6.22. The van der Waals surface area contributed by atoms with Gasteiger partial charge < -0.3 is 10.1 Å². The third kappa shape index (κ3) is 3.18. The van der Waals surface area contributed by atoms with Gasteiger partial charge in [0.05, 0.1) is 12.7 Å². The summed E-state index contributed by atoms with van der Waals surface area (Å²) in [5.74, 6) is 0.525. The Balaban J connectivity index is 2.10. The molecule has 1 aliphatic heterocycles. The number of likely N-dealkylation sites (N-methyl/N-ethyl adjacent to an activating group) is 1. The highest BCUT2D eigenvalue weighted by Gasteiger charge is 2.29. The van der Waals surface area contributed by atoms with Crippen molar-refractivity contribution in [1.82, 2.24) is 5.32 Å². The van der Waals surface area contributed by atoms with Crippen molar-refractivity contribution in [1.29, 1.82) is 0 Å². The molecule has 1 aliphatic rings. The van der Waals surface area contributed by atoms with Gasteiger partial charge >= 0.3 is 0 Å². The molecule has 1 aromatic carbocycles. The van der Waals surface area contributed by atoms with E-state index < -0.39 is 0 Å². The van der Waals surface area contributed by atoms with E-state index in [1.165, 1.54) is 0 Å². The Hall–Kier alpha value is -0.280. The van der Waals surface area contributed by atoms with E-state index in [1.807, 2.05) is 25.2 Å². The van der Waals surface area contributed by atoms with Gasteiger partial charge in [-0.3, -0.25) is 0 Å². The number of benzene rings is 1. The molecule has 2 rings (SSSR count). The van der Waals surface area contributed by atoms with Gasteiger partial charge in [-0.25, -0.2) is 0 Å². The quantitative estimate of drug-likeness (QED) is 0.915. The summed E-state index contributed by atoms with van der Waals surface area (Å²) < 4.78 is 5.64. The van der Waals surface area contributed by atoms with E-state index in [4.69, 9.17) is 27.9 Å². The van der Waals surface area contributed by atoms with Crippen LogP contribution in [0.4, 0.5) is 0 Å². The molecule has 1 saturated heterocycles. The molecule has 3 unspecified atom stereocenters. The van der Waals surface area contributed by atoms with Crippen molar-refractivity contribution in [3.8, 4) is 0 Å². The highest BCUT2D eigenvalue weighted by Crippen LogP contribution is 2.29. The maximum absolute atomic E-state index is 6.22. The van der Waals surface area contributed by atoms with Gasteiger partial charge in [-0.05, 0) is 44.5 Å². The lowest BCUT2D eigenvalue weighted by molar-refractivity contribution is 0.117. The van der Waals surface area contributed by atoms with E-state index in [0.717, 1.165) is 35.1 Å². The fourth-order valence-corrected chi connectivity index (χ4v) is 3.13. The second-order valence-corrected chi connectivity index (χ2v) is 5.75. The van der Waals surface area contributed by atoms with Crippen LogP contribution in [-0.4, -0.2) is 25.8 Å². The number of hydrogen-bond donors (Lipinski definition) is 1. The topological polar surface area (TPSA) is 21.3 Å². The molecule has 2 nitrogen and oxygen atoms in total. The van der Waals surface area contributed by atoms with Crippen molar-refractivity contribution < 1.29 is 4.74 Å². The molecule has 18 heavy (non-hydrogen) atoms. The maximum Gasteiger partial charge on any atom is 0.0551 e. The molecule has 1 fully saturated rings. The molecule has 3 atom stereocenters. The summed E-state index contributed by atoms with van der Waals surface area (Å²) in [6.45, 7) is 2.93. The van der Waals surface area contributed by atoms with Crippen LogP contribution >= 0.6 is 23.2 Å². The van der Waals surface area contributed by atoms with E-state index in [-0.39, 0.29) is 0 Å². The van der Waals surface area contributed by atoms with Crippen LogP contribution in [0.2, 0.25) is 10.0 Å². The van der Waals surface area contributed by atoms with Gasteiger partial charge in [-0.15, -0.1) is 0 Å². The molecule has 0 aromatic heterocycles. The zero-order valence-electron chi connectivity index (χ0n) is 10.7. The highest BCUT2D eigenvalue weighted by atomic mass is 35.5. The van der Waals surface area contributed by atoms with Crippen molar-refractivity contribution in [2.75, 3.05) is 13.7 Å². The second-order valence-electron chi connectivity index (χ2n) is 4.94. The van der Waals surface area contributed by atoms with Crippen LogP contribution in [0.15, 0.2) is 18.2 Å². The Morgan fingerprint density at radius 3 is 2.56 bits per heavy atom. The van der Waals surface area contributed by atoms with Gasteiger partial charge in [0, 0.05) is 22.0 Å². The fourth-order valence-electron chi connectivity index (χ4n) is 2.58. The normalized spacial score (nSPS) is 25.3.